The molecule has 0 aliphatic heterocycles. The van der Waals surface area contributed by atoms with Crippen LogP contribution in [-0.2, 0) is 16.1 Å². The summed E-state index contributed by atoms with van der Waals surface area (Å²) >= 11 is 8.65. The van der Waals surface area contributed by atoms with Crippen LogP contribution < -0.4 is 5.32 Å². The van der Waals surface area contributed by atoms with Crippen LogP contribution in [-0.4, -0.2) is 39.4 Å². The maximum Gasteiger partial charge on any atom is 0.238 e. The van der Waals surface area contributed by atoms with Gasteiger partial charge in [0.05, 0.1) is 21.9 Å². The van der Waals surface area contributed by atoms with Gasteiger partial charge in [0.15, 0.2) is 5.82 Å². The molecule has 140 valence electrons. The van der Waals surface area contributed by atoms with Gasteiger partial charge in [0.2, 0.25) is 11.8 Å². The Morgan fingerprint density at radius 1 is 1.54 bits per heavy atom. The Balaban J connectivity index is 1.85. The van der Waals surface area contributed by atoms with Gasteiger partial charge in [-0.15, -0.1) is 29.7 Å². The van der Waals surface area contributed by atoms with Gasteiger partial charge in [0.25, 0.3) is 0 Å². The zero-order valence-corrected chi connectivity index (χ0v) is 16.9. The number of aromatic nitrogens is 1. The van der Waals surface area contributed by atoms with E-state index in [1.54, 1.807) is 30.9 Å². The third kappa shape index (κ3) is 6.19. The van der Waals surface area contributed by atoms with Crippen molar-refractivity contribution in [1.29, 1.82) is 0 Å². The first-order valence-corrected chi connectivity index (χ1v) is 10.1. The summed E-state index contributed by atoms with van der Waals surface area (Å²) in [5.74, 6) is 0.894. The number of aryl methyl sites for hydroxylation is 1. The van der Waals surface area contributed by atoms with Gasteiger partial charge < -0.3 is 14.7 Å². The molecule has 0 aromatic carbocycles. The molecule has 0 saturated carbocycles. The summed E-state index contributed by atoms with van der Waals surface area (Å²) in [6, 6.07) is 5.35. The summed E-state index contributed by atoms with van der Waals surface area (Å²) in [6.07, 6.45) is 1.68. The predicted octanol–water partition coefficient (Wildman–Crippen LogP) is 3.97. The maximum absolute atomic E-state index is 12.5. The van der Waals surface area contributed by atoms with E-state index in [9.17, 15) is 9.59 Å². The summed E-state index contributed by atoms with van der Waals surface area (Å²) in [5.41, 5.74) is 0. The molecule has 0 fully saturated rings. The van der Waals surface area contributed by atoms with Crippen molar-refractivity contribution in [2.75, 3.05) is 17.6 Å². The van der Waals surface area contributed by atoms with Gasteiger partial charge in [0, 0.05) is 17.5 Å². The molecule has 0 aliphatic rings. The molecule has 2 rings (SSSR count). The van der Waals surface area contributed by atoms with Crippen LogP contribution in [0.2, 0.25) is 4.34 Å². The van der Waals surface area contributed by atoms with E-state index in [2.05, 4.69) is 17.1 Å². The number of hydrogen-bond acceptors (Lipinski definition) is 6. The van der Waals surface area contributed by atoms with Crippen LogP contribution >= 0.6 is 34.7 Å². The molecular weight excluding hydrogens is 394 g/mol. The number of carbonyl (C=O) groups is 2. The van der Waals surface area contributed by atoms with Crippen LogP contribution in [0.4, 0.5) is 5.82 Å². The molecule has 2 aromatic heterocycles. The van der Waals surface area contributed by atoms with Crippen LogP contribution in [0, 0.1) is 6.92 Å². The normalized spacial score (nSPS) is 11.8. The Bertz CT molecular complexity index is 775. The molecule has 1 unspecified atom stereocenters. The van der Waals surface area contributed by atoms with Crippen molar-refractivity contribution in [2.45, 2.75) is 25.6 Å². The van der Waals surface area contributed by atoms with Crippen molar-refractivity contribution in [1.82, 2.24) is 10.1 Å². The fourth-order valence-electron chi connectivity index (χ4n) is 2.05. The van der Waals surface area contributed by atoms with Crippen LogP contribution in [0.25, 0.3) is 0 Å². The zero-order valence-electron chi connectivity index (χ0n) is 14.5. The minimum atomic E-state index is -0.405. The monoisotopic (exact) mass is 413 g/mol. The lowest BCUT2D eigenvalue weighted by Crippen LogP contribution is -2.33. The lowest BCUT2D eigenvalue weighted by molar-refractivity contribution is -0.128. The molecule has 0 bridgehead atoms. The Morgan fingerprint density at radius 2 is 2.31 bits per heavy atom. The number of halogens is 1. The summed E-state index contributed by atoms with van der Waals surface area (Å²) in [5, 5.41) is 5.98. The minimum absolute atomic E-state index is 0.0589. The lowest BCUT2D eigenvalue weighted by Gasteiger charge is -2.21. The second-order valence-electron chi connectivity index (χ2n) is 5.53. The number of thioether (sulfide) groups is 1. The van der Waals surface area contributed by atoms with E-state index in [0.29, 0.717) is 29.0 Å². The van der Waals surface area contributed by atoms with Gasteiger partial charge in [-0.2, -0.15) is 0 Å². The smallest absolute Gasteiger partial charge is 0.238 e. The van der Waals surface area contributed by atoms with E-state index < -0.39 is 5.25 Å². The van der Waals surface area contributed by atoms with Crippen molar-refractivity contribution >= 4 is 52.3 Å². The Morgan fingerprint density at radius 3 is 2.88 bits per heavy atom. The minimum Gasteiger partial charge on any atom is -0.360 e. The van der Waals surface area contributed by atoms with E-state index >= 15 is 0 Å². The van der Waals surface area contributed by atoms with Gasteiger partial charge >= 0.3 is 0 Å². The number of anilines is 1. The number of thiophene rings is 1. The first-order chi connectivity index (χ1) is 12.4. The molecule has 2 heterocycles. The lowest BCUT2D eigenvalue weighted by atomic mass is 10.4. The molecule has 26 heavy (non-hydrogen) atoms. The SMILES string of the molecule is C=CCN(Cc1ccc(Cl)s1)C(=O)CSC(C)C(=O)Nc1cc(C)on1. The molecule has 1 atom stereocenters. The molecule has 0 spiro atoms. The molecule has 0 saturated heterocycles. The summed E-state index contributed by atoms with van der Waals surface area (Å²) in [7, 11) is 0. The van der Waals surface area contributed by atoms with Gasteiger partial charge in [-0.25, -0.2) is 0 Å². The molecule has 6 nitrogen and oxygen atoms in total. The Kier molecular flexibility index (Phi) is 7.74. The fraction of sp³-hybridized carbons (Fsp3) is 0.353. The largest absolute Gasteiger partial charge is 0.360 e. The summed E-state index contributed by atoms with van der Waals surface area (Å²) in [4.78, 5) is 27.3. The highest BCUT2D eigenvalue weighted by Crippen LogP contribution is 2.23. The zero-order chi connectivity index (χ0) is 19.1. The molecule has 1 N–H and O–H groups in total. The third-order valence-corrected chi connectivity index (χ3v) is 5.73. The van der Waals surface area contributed by atoms with Crippen LogP contribution in [0.1, 0.15) is 17.6 Å². The van der Waals surface area contributed by atoms with E-state index in [4.69, 9.17) is 16.1 Å². The number of rotatable bonds is 9. The maximum atomic E-state index is 12.5. The van der Waals surface area contributed by atoms with Crippen LogP contribution in [0.3, 0.4) is 0 Å². The third-order valence-electron chi connectivity index (χ3n) is 3.38. The van der Waals surface area contributed by atoms with Crippen molar-refractivity contribution in [3.05, 3.63) is 45.8 Å². The first kappa shape index (κ1) is 20.5. The second kappa shape index (κ2) is 9.80. The van der Waals surface area contributed by atoms with E-state index in [1.165, 1.54) is 23.1 Å². The van der Waals surface area contributed by atoms with Crippen LogP contribution in [0.5, 0.6) is 0 Å². The second-order valence-corrected chi connectivity index (χ2v) is 8.66. The van der Waals surface area contributed by atoms with Crippen molar-refractivity contribution in [3.63, 3.8) is 0 Å². The summed E-state index contributed by atoms with van der Waals surface area (Å²) in [6.45, 7) is 8.10. The molecule has 0 aliphatic carbocycles. The van der Waals surface area contributed by atoms with Crippen LogP contribution in [0.15, 0.2) is 35.4 Å². The topological polar surface area (TPSA) is 75.4 Å². The van der Waals surface area contributed by atoms with Crippen molar-refractivity contribution in [3.8, 4) is 0 Å². The average molecular weight is 414 g/mol. The highest BCUT2D eigenvalue weighted by atomic mass is 35.5. The van der Waals surface area contributed by atoms with Crippen molar-refractivity contribution in [2.24, 2.45) is 0 Å². The number of carbonyl (C=O) groups excluding carboxylic acids is 2. The number of nitrogens with zero attached hydrogens (tertiary/aromatic N) is 2. The van der Waals surface area contributed by atoms with Gasteiger partial charge in [-0.05, 0) is 26.0 Å². The average Bonchev–Trinajstić information content (AvgIpc) is 3.19. The number of hydrogen-bond donors (Lipinski definition) is 1. The standard InChI is InChI=1S/C17H20ClN3O3S2/c1-4-7-21(9-13-5-6-14(18)26-13)16(22)10-25-12(3)17(23)19-15-8-11(2)24-20-15/h4-6,8,12H,1,7,9-10H2,2-3H3,(H,19,20,23). The van der Waals surface area contributed by atoms with Crippen molar-refractivity contribution < 1.29 is 14.1 Å². The highest BCUT2D eigenvalue weighted by molar-refractivity contribution is 8.01. The number of nitrogens with one attached hydrogen (secondary N) is 1. The van der Waals surface area contributed by atoms with E-state index in [0.717, 1.165) is 4.88 Å². The Labute approximate surface area is 165 Å². The predicted molar refractivity (Wildman–Crippen MR) is 107 cm³/mol. The van der Waals surface area contributed by atoms with Gasteiger partial charge in [-0.3, -0.25) is 9.59 Å². The first-order valence-electron chi connectivity index (χ1n) is 7.87. The van der Waals surface area contributed by atoms with Gasteiger partial charge in [-0.1, -0.05) is 22.8 Å². The quantitative estimate of drug-likeness (QED) is 0.629. The molecular formula is C17H20ClN3O3S2. The molecule has 2 aromatic rings. The summed E-state index contributed by atoms with van der Waals surface area (Å²) < 4.78 is 5.60. The highest BCUT2D eigenvalue weighted by Gasteiger charge is 2.19. The molecule has 0 radical (unpaired) electrons. The van der Waals surface area contributed by atoms with Gasteiger partial charge in [0.1, 0.15) is 5.76 Å². The van der Waals surface area contributed by atoms with E-state index in [1.807, 2.05) is 12.1 Å². The van der Waals surface area contributed by atoms with E-state index in [-0.39, 0.29) is 17.6 Å². The molecule has 2 amide bonds. The molecule has 9 heteroatoms. The Hall–Kier alpha value is -1.77. The fourth-order valence-corrected chi connectivity index (χ4v) is 3.94. The number of amides is 2.